The third kappa shape index (κ3) is 5.18. The molecule has 1 aliphatic carbocycles. The van der Waals surface area contributed by atoms with Gasteiger partial charge >= 0.3 is 0 Å². The maximum Gasteiger partial charge on any atom is 0.234 e. The molecule has 1 heterocycles. The van der Waals surface area contributed by atoms with Crippen LogP contribution in [0.1, 0.15) is 63.5 Å². The van der Waals surface area contributed by atoms with Crippen molar-refractivity contribution in [3.8, 4) is 0 Å². The van der Waals surface area contributed by atoms with Crippen molar-refractivity contribution in [3.63, 3.8) is 0 Å². The molecule has 1 amide bonds. The smallest absolute Gasteiger partial charge is 0.234 e. The molecule has 162 valence electrons. The largest absolute Gasteiger partial charge is 0.367 e. The fourth-order valence-electron chi connectivity index (χ4n) is 3.65. The van der Waals surface area contributed by atoms with Crippen LogP contribution < -0.4 is 10.6 Å². The Bertz CT molecular complexity index is 1070. The lowest BCUT2D eigenvalue weighted by Gasteiger charge is -2.20. The van der Waals surface area contributed by atoms with Crippen LogP contribution in [0, 0.1) is 0 Å². The van der Waals surface area contributed by atoms with E-state index in [4.69, 9.17) is 4.98 Å². The second kappa shape index (κ2) is 9.27. The van der Waals surface area contributed by atoms with E-state index in [1.165, 1.54) is 35.7 Å². The molecular formula is C25H30N4OS. The van der Waals surface area contributed by atoms with Gasteiger partial charge in [0.15, 0.2) is 5.16 Å². The van der Waals surface area contributed by atoms with Gasteiger partial charge in [-0.15, -0.1) is 0 Å². The van der Waals surface area contributed by atoms with Gasteiger partial charge < -0.3 is 10.6 Å². The number of nitrogens with one attached hydrogen (secondary N) is 2. The van der Waals surface area contributed by atoms with Crippen molar-refractivity contribution in [2.24, 2.45) is 0 Å². The molecule has 1 aromatic heterocycles. The number of amides is 1. The predicted molar refractivity (Wildman–Crippen MR) is 130 cm³/mol. The van der Waals surface area contributed by atoms with E-state index in [2.05, 4.69) is 61.5 Å². The van der Waals surface area contributed by atoms with Crippen LogP contribution in [-0.2, 0) is 4.79 Å². The highest BCUT2D eigenvalue weighted by Crippen LogP contribution is 2.33. The van der Waals surface area contributed by atoms with Gasteiger partial charge in [-0.1, -0.05) is 69.8 Å². The molecule has 0 atom stereocenters. The first-order valence-corrected chi connectivity index (χ1v) is 12.0. The number of hydrogen-bond donors (Lipinski definition) is 2. The summed E-state index contributed by atoms with van der Waals surface area (Å²) in [6, 6.07) is 14.8. The Kier molecular flexibility index (Phi) is 6.46. The Morgan fingerprint density at radius 2 is 1.68 bits per heavy atom. The first kappa shape index (κ1) is 21.6. The third-order valence-electron chi connectivity index (χ3n) is 5.47. The summed E-state index contributed by atoms with van der Waals surface area (Å²) in [4.78, 5) is 22.2. The number of aromatic nitrogens is 2. The number of nitrogens with zero attached hydrogens (tertiary/aromatic N) is 2. The van der Waals surface area contributed by atoms with Crippen molar-refractivity contribution in [1.82, 2.24) is 9.97 Å². The Hall–Kier alpha value is -2.60. The lowest BCUT2D eigenvalue weighted by molar-refractivity contribution is -0.113. The second-order valence-corrected chi connectivity index (χ2v) is 9.69. The van der Waals surface area contributed by atoms with Crippen molar-refractivity contribution in [3.05, 3.63) is 53.6 Å². The molecule has 1 aliphatic rings. The van der Waals surface area contributed by atoms with Crippen LogP contribution in [0.4, 0.5) is 11.5 Å². The maximum absolute atomic E-state index is 12.9. The van der Waals surface area contributed by atoms with Crippen molar-refractivity contribution in [1.29, 1.82) is 0 Å². The van der Waals surface area contributed by atoms with Crippen LogP contribution in [-0.4, -0.2) is 27.7 Å². The second-order valence-electron chi connectivity index (χ2n) is 8.75. The van der Waals surface area contributed by atoms with Crippen LogP contribution >= 0.6 is 11.8 Å². The van der Waals surface area contributed by atoms with Crippen LogP contribution in [0.3, 0.4) is 0 Å². The van der Waals surface area contributed by atoms with Gasteiger partial charge in [0, 0.05) is 17.1 Å². The van der Waals surface area contributed by atoms with Gasteiger partial charge in [-0.2, -0.15) is 0 Å². The first-order chi connectivity index (χ1) is 14.9. The summed E-state index contributed by atoms with van der Waals surface area (Å²) in [5.74, 6) is 1.77. The molecule has 0 aliphatic heterocycles. The summed E-state index contributed by atoms with van der Waals surface area (Å²) in [5, 5.41) is 8.32. The lowest BCUT2D eigenvalue weighted by Crippen LogP contribution is -2.18. The number of fused-ring (bicyclic) bond motifs is 1. The molecular weight excluding hydrogens is 404 g/mol. The van der Waals surface area contributed by atoms with Gasteiger partial charge in [-0.25, -0.2) is 9.97 Å². The molecule has 5 nitrogen and oxygen atoms in total. The monoisotopic (exact) mass is 434 g/mol. The number of carbonyl (C=O) groups excluding carboxylic acids is 1. The molecule has 1 saturated carbocycles. The molecule has 31 heavy (non-hydrogen) atoms. The topological polar surface area (TPSA) is 66.9 Å². The zero-order chi connectivity index (χ0) is 22.0. The number of carbonyl (C=O) groups is 1. The number of para-hydroxylation sites is 2. The zero-order valence-electron chi connectivity index (χ0n) is 18.6. The average Bonchev–Trinajstić information content (AvgIpc) is 3.56. The minimum Gasteiger partial charge on any atom is -0.367 e. The summed E-state index contributed by atoms with van der Waals surface area (Å²) >= 11 is 1.38. The molecule has 0 unspecified atom stereocenters. The van der Waals surface area contributed by atoms with E-state index in [-0.39, 0.29) is 11.7 Å². The number of rotatable bonds is 8. The zero-order valence-corrected chi connectivity index (χ0v) is 19.4. The highest BCUT2D eigenvalue weighted by molar-refractivity contribution is 7.99. The summed E-state index contributed by atoms with van der Waals surface area (Å²) in [6.07, 6.45) is 2.35. The van der Waals surface area contributed by atoms with Crippen molar-refractivity contribution < 1.29 is 4.79 Å². The molecule has 3 aromatic rings. The molecule has 0 radical (unpaired) electrons. The minimum absolute atomic E-state index is 0.0338. The van der Waals surface area contributed by atoms with Crippen molar-refractivity contribution >= 4 is 40.1 Å². The standard InChI is InChI=1S/C25H30N4OS/c1-15(2)18-9-7-10-19(16(3)4)23(18)28-22(30)14-31-25-27-21-11-6-5-8-20(21)24(29-25)26-17-12-13-17/h5-11,15-17H,12-14H2,1-4H3,(H,28,30)(H,26,27,29). The SMILES string of the molecule is CC(C)c1cccc(C(C)C)c1NC(=O)CSc1nc(NC2CC2)c2ccccc2n1. The lowest BCUT2D eigenvalue weighted by atomic mass is 9.92. The van der Waals surface area contributed by atoms with Crippen LogP contribution in [0.15, 0.2) is 47.6 Å². The fraction of sp³-hybridized carbons (Fsp3) is 0.400. The summed E-state index contributed by atoms with van der Waals surface area (Å²) in [7, 11) is 0. The molecule has 0 bridgehead atoms. The van der Waals surface area contributed by atoms with E-state index < -0.39 is 0 Å². The minimum atomic E-state index is -0.0338. The highest BCUT2D eigenvalue weighted by atomic mass is 32.2. The number of benzene rings is 2. The summed E-state index contributed by atoms with van der Waals surface area (Å²) < 4.78 is 0. The third-order valence-corrected chi connectivity index (χ3v) is 6.32. The molecule has 0 saturated heterocycles. The Labute approximate surface area is 188 Å². The summed E-state index contributed by atoms with van der Waals surface area (Å²) in [5.41, 5.74) is 4.19. The Morgan fingerprint density at radius 1 is 1.00 bits per heavy atom. The van der Waals surface area contributed by atoms with E-state index in [1.54, 1.807) is 0 Å². The maximum atomic E-state index is 12.9. The van der Waals surface area contributed by atoms with Gasteiger partial charge in [0.1, 0.15) is 5.82 Å². The van der Waals surface area contributed by atoms with Gasteiger partial charge in [-0.3, -0.25) is 4.79 Å². The first-order valence-electron chi connectivity index (χ1n) is 11.0. The van der Waals surface area contributed by atoms with Gasteiger partial charge in [-0.05, 0) is 47.9 Å². The van der Waals surface area contributed by atoms with E-state index in [9.17, 15) is 4.79 Å². The molecule has 4 rings (SSSR count). The Morgan fingerprint density at radius 3 is 2.32 bits per heavy atom. The van der Waals surface area contributed by atoms with Gasteiger partial charge in [0.05, 0.1) is 11.3 Å². The molecule has 2 N–H and O–H groups in total. The van der Waals surface area contributed by atoms with Crippen molar-refractivity contribution in [2.45, 2.75) is 63.6 Å². The number of anilines is 2. The van der Waals surface area contributed by atoms with Crippen molar-refractivity contribution in [2.75, 3.05) is 16.4 Å². The van der Waals surface area contributed by atoms with Crippen LogP contribution in [0.5, 0.6) is 0 Å². The summed E-state index contributed by atoms with van der Waals surface area (Å²) in [6.45, 7) is 8.62. The van der Waals surface area contributed by atoms with E-state index in [0.717, 1.165) is 22.4 Å². The predicted octanol–water partition coefficient (Wildman–Crippen LogP) is 6.18. The fourth-order valence-corrected chi connectivity index (χ4v) is 4.30. The Balaban J connectivity index is 1.51. The van der Waals surface area contributed by atoms with Crippen LogP contribution in [0.2, 0.25) is 0 Å². The normalized spacial score (nSPS) is 13.7. The average molecular weight is 435 g/mol. The number of thioether (sulfide) groups is 1. The van der Waals surface area contributed by atoms with Gasteiger partial charge in [0.2, 0.25) is 5.91 Å². The van der Waals surface area contributed by atoms with E-state index >= 15 is 0 Å². The molecule has 0 spiro atoms. The molecule has 2 aromatic carbocycles. The highest BCUT2D eigenvalue weighted by Gasteiger charge is 2.23. The quantitative estimate of drug-likeness (QED) is 0.327. The van der Waals surface area contributed by atoms with Crippen LogP contribution in [0.25, 0.3) is 10.9 Å². The molecule has 1 fully saturated rings. The van der Waals surface area contributed by atoms with E-state index in [0.29, 0.717) is 23.0 Å². The number of hydrogen-bond acceptors (Lipinski definition) is 5. The van der Waals surface area contributed by atoms with E-state index in [1.807, 2.05) is 24.3 Å². The van der Waals surface area contributed by atoms with Gasteiger partial charge in [0.25, 0.3) is 0 Å². The molecule has 6 heteroatoms.